The maximum atomic E-state index is 9.89. The number of benzene rings is 1. The van der Waals surface area contributed by atoms with Crippen LogP contribution in [0.2, 0.25) is 0 Å². The molecule has 19 heavy (non-hydrogen) atoms. The molecule has 2 fully saturated rings. The maximum absolute atomic E-state index is 9.89. The van der Waals surface area contributed by atoms with Crippen molar-refractivity contribution < 1.29 is 5.11 Å². The first-order chi connectivity index (χ1) is 9.22. The minimum Gasteiger partial charge on any atom is -0.394 e. The summed E-state index contributed by atoms with van der Waals surface area (Å²) in [6.45, 7) is 1.10. The second-order valence-corrected chi connectivity index (χ2v) is 6.24. The fourth-order valence-electron chi connectivity index (χ4n) is 3.78. The number of nitrogens with zero attached hydrogens (tertiary/aromatic N) is 1. The number of rotatable bonds is 4. The van der Waals surface area contributed by atoms with E-state index in [2.05, 4.69) is 41.5 Å². The zero-order valence-electron chi connectivity index (χ0n) is 11.7. The molecule has 104 valence electrons. The molecule has 1 aromatic carbocycles. The molecule has 0 aliphatic carbocycles. The van der Waals surface area contributed by atoms with E-state index in [1.165, 1.54) is 18.4 Å². The van der Waals surface area contributed by atoms with Gasteiger partial charge in [-0.2, -0.15) is 0 Å². The van der Waals surface area contributed by atoms with Crippen LogP contribution in [0.5, 0.6) is 0 Å². The molecule has 2 unspecified atom stereocenters. The minimum atomic E-state index is -0.0752. The van der Waals surface area contributed by atoms with E-state index in [4.69, 9.17) is 0 Å². The summed E-state index contributed by atoms with van der Waals surface area (Å²) in [4.78, 5) is 2.51. The lowest BCUT2D eigenvalue weighted by Gasteiger charge is -2.45. The smallest absolute Gasteiger partial charge is 0.0614 e. The predicted molar refractivity (Wildman–Crippen MR) is 76.9 cm³/mol. The molecule has 3 nitrogen and oxygen atoms in total. The van der Waals surface area contributed by atoms with Crippen molar-refractivity contribution in [1.29, 1.82) is 0 Å². The molecular formula is C16H24N2O. The van der Waals surface area contributed by atoms with Gasteiger partial charge in [0.2, 0.25) is 0 Å². The fraction of sp³-hybridized carbons (Fsp3) is 0.625. The van der Waals surface area contributed by atoms with Crippen LogP contribution in [0, 0.1) is 0 Å². The van der Waals surface area contributed by atoms with Crippen LogP contribution in [0.25, 0.3) is 0 Å². The Labute approximate surface area is 115 Å². The van der Waals surface area contributed by atoms with Gasteiger partial charge in [0.25, 0.3) is 0 Å². The van der Waals surface area contributed by atoms with Gasteiger partial charge in [0.1, 0.15) is 0 Å². The summed E-state index contributed by atoms with van der Waals surface area (Å²) in [5.41, 5.74) is 1.22. The Balaban J connectivity index is 1.67. The molecule has 0 saturated carbocycles. The van der Waals surface area contributed by atoms with Crippen molar-refractivity contribution in [2.24, 2.45) is 0 Å². The lowest BCUT2D eigenvalue weighted by Crippen LogP contribution is -2.58. The van der Waals surface area contributed by atoms with Crippen LogP contribution in [0.1, 0.15) is 31.2 Å². The second kappa shape index (κ2) is 5.23. The Morgan fingerprint density at radius 3 is 2.42 bits per heavy atom. The molecule has 2 saturated heterocycles. The van der Waals surface area contributed by atoms with Crippen LogP contribution >= 0.6 is 0 Å². The first-order valence-corrected chi connectivity index (χ1v) is 7.34. The predicted octanol–water partition coefficient (Wildman–Crippen LogP) is 1.76. The third kappa shape index (κ3) is 2.55. The highest BCUT2D eigenvalue weighted by atomic mass is 16.3. The largest absolute Gasteiger partial charge is 0.394 e. The highest BCUT2D eigenvalue weighted by Gasteiger charge is 2.46. The highest BCUT2D eigenvalue weighted by Crippen LogP contribution is 2.39. The summed E-state index contributed by atoms with van der Waals surface area (Å²) in [5.74, 6) is 0. The van der Waals surface area contributed by atoms with E-state index in [0.717, 1.165) is 19.4 Å². The number of hydrogen-bond donors (Lipinski definition) is 2. The Morgan fingerprint density at radius 1 is 1.21 bits per heavy atom. The number of nitrogens with one attached hydrogen (secondary N) is 1. The summed E-state index contributed by atoms with van der Waals surface area (Å²) in [6, 6.07) is 11.8. The van der Waals surface area contributed by atoms with Crippen LogP contribution in [-0.2, 0) is 6.54 Å². The van der Waals surface area contributed by atoms with E-state index in [9.17, 15) is 5.11 Å². The van der Waals surface area contributed by atoms with Crippen LogP contribution in [0.3, 0.4) is 0 Å². The van der Waals surface area contributed by atoms with Gasteiger partial charge in [-0.1, -0.05) is 30.3 Å². The number of hydrogen-bond acceptors (Lipinski definition) is 3. The molecule has 1 aromatic rings. The monoisotopic (exact) mass is 260 g/mol. The van der Waals surface area contributed by atoms with Gasteiger partial charge in [-0.15, -0.1) is 0 Å². The average Bonchev–Trinajstić information content (AvgIpc) is 2.68. The molecule has 2 N–H and O–H groups in total. The summed E-state index contributed by atoms with van der Waals surface area (Å²) >= 11 is 0. The number of aliphatic hydroxyl groups is 1. The van der Waals surface area contributed by atoms with Crippen molar-refractivity contribution in [3.63, 3.8) is 0 Å². The highest BCUT2D eigenvalue weighted by molar-refractivity contribution is 5.15. The maximum Gasteiger partial charge on any atom is 0.0614 e. The standard InChI is InChI=1S/C16H24N2O/c1-18-14-7-8-15(18)10-16(9-14,12-19)17-11-13-5-3-2-4-6-13/h2-6,14-15,17,19H,7-12H2,1H3. The molecule has 2 heterocycles. The number of piperidine rings is 1. The van der Waals surface area contributed by atoms with Crippen LogP contribution in [-0.4, -0.2) is 41.3 Å². The molecule has 2 aliphatic rings. The lowest BCUT2D eigenvalue weighted by atomic mass is 9.83. The van der Waals surface area contributed by atoms with Gasteiger partial charge < -0.3 is 15.3 Å². The molecule has 2 aliphatic heterocycles. The molecule has 0 amide bonds. The SMILES string of the molecule is CN1C2CCC1CC(CO)(NCc1ccccc1)C2. The van der Waals surface area contributed by atoms with Crippen molar-refractivity contribution in [2.75, 3.05) is 13.7 Å². The van der Waals surface area contributed by atoms with Crippen molar-refractivity contribution in [1.82, 2.24) is 10.2 Å². The van der Waals surface area contributed by atoms with Crippen molar-refractivity contribution in [3.05, 3.63) is 35.9 Å². The van der Waals surface area contributed by atoms with E-state index in [0.29, 0.717) is 12.1 Å². The molecular weight excluding hydrogens is 236 g/mol. The van der Waals surface area contributed by atoms with E-state index in [1.54, 1.807) is 0 Å². The average molecular weight is 260 g/mol. The Kier molecular flexibility index (Phi) is 3.61. The number of fused-ring (bicyclic) bond motifs is 2. The minimum absolute atomic E-state index is 0.0752. The molecule has 0 aromatic heterocycles. The topological polar surface area (TPSA) is 35.5 Å². The van der Waals surface area contributed by atoms with E-state index in [-0.39, 0.29) is 12.1 Å². The van der Waals surface area contributed by atoms with E-state index < -0.39 is 0 Å². The van der Waals surface area contributed by atoms with Gasteiger partial charge in [0.05, 0.1) is 6.61 Å². The van der Waals surface area contributed by atoms with Gasteiger partial charge in [0.15, 0.2) is 0 Å². The molecule has 2 bridgehead atoms. The molecule has 0 radical (unpaired) electrons. The van der Waals surface area contributed by atoms with E-state index >= 15 is 0 Å². The molecule has 3 rings (SSSR count). The first kappa shape index (κ1) is 13.1. The van der Waals surface area contributed by atoms with Gasteiger partial charge in [0, 0.05) is 24.2 Å². The third-order valence-corrected chi connectivity index (χ3v) is 5.05. The number of aliphatic hydroxyl groups excluding tert-OH is 1. The third-order valence-electron chi connectivity index (χ3n) is 5.05. The lowest BCUT2D eigenvalue weighted by molar-refractivity contribution is 0.0464. The Hall–Kier alpha value is -0.900. The second-order valence-electron chi connectivity index (χ2n) is 6.24. The molecule has 3 heteroatoms. The van der Waals surface area contributed by atoms with E-state index in [1.807, 2.05) is 6.07 Å². The van der Waals surface area contributed by atoms with Gasteiger partial charge in [-0.25, -0.2) is 0 Å². The fourth-order valence-corrected chi connectivity index (χ4v) is 3.78. The van der Waals surface area contributed by atoms with Crippen molar-refractivity contribution >= 4 is 0 Å². The van der Waals surface area contributed by atoms with Crippen LogP contribution in [0.4, 0.5) is 0 Å². The van der Waals surface area contributed by atoms with Gasteiger partial charge in [-0.05, 0) is 38.3 Å². The zero-order valence-corrected chi connectivity index (χ0v) is 11.7. The van der Waals surface area contributed by atoms with Crippen LogP contribution in [0.15, 0.2) is 30.3 Å². The van der Waals surface area contributed by atoms with Gasteiger partial charge >= 0.3 is 0 Å². The molecule has 2 atom stereocenters. The zero-order chi connectivity index (χ0) is 13.3. The summed E-state index contributed by atoms with van der Waals surface area (Å²) in [6.07, 6.45) is 4.72. The summed E-state index contributed by atoms with van der Waals surface area (Å²) in [5, 5.41) is 13.5. The Bertz CT molecular complexity index is 406. The van der Waals surface area contributed by atoms with Crippen LogP contribution < -0.4 is 5.32 Å². The van der Waals surface area contributed by atoms with Gasteiger partial charge in [-0.3, -0.25) is 0 Å². The quantitative estimate of drug-likeness (QED) is 0.866. The summed E-state index contributed by atoms with van der Waals surface area (Å²) in [7, 11) is 2.24. The Morgan fingerprint density at radius 2 is 1.84 bits per heavy atom. The molecule has 0 spiro atoms. The van der Waals surface area contributed by atoms with Crippen molar-refractivity contribution in [3.8, 4) is 0 Å². The summed E-state index contributed by atoms with van der Waals surface area (Å²) < 4.78 is 0. The normalized spacial score (nSPS) is 34.6. The van der Waals surface area contributed by atoms with Crippen molar-refractivity contribution in [2.45, 2.75) is 49.9 Å². The first-order valence-electron chi connectivity index (χ1n) is 7.34.